The van der Waals surface area contributed by atoms with Crippen LogP contribution >= 0.6 is 23.4 Å². The van der Waals surface area contributed by atoms with Crippen LogP contribution in [0.15, 0.2) is 58.3 Å². The SMILES string of the molecule is C[C@H]1C[C@H](C)CN(C(=O)CN2C(=O)/C(=C\c3cccc(Cl)c3)Sc3ccccc32)C1. The minimum Gasteiger partial charge on any atom is -0.341 e. The molecule has 156 valence electrons. The Morgan fingerprint density at radius 1 is 1.13 bits per heavy atom. The monoisotopic (exact) mass is 440 g/mol. The third-order valence-corrected chi connectivity index (χ3v) is 6.81. The van der Waals surface area contributed by atoms with Gasteiger partial charge in [0.2, 0.25) is 5.91 Å². The van der Waals surface area contributed by atoms with Gasteiger partial charge in [0, 0.05) is 23.0 Å². The zero-order valence-electron chi connectivity index (χ0n) is 17.2. The summed E-state index contributed by atoms with van der Waals surface area (Å²) in [6.07, 6.45) is 2.98. The van der Waals surface area contributed by atoms with Gasteiger partial charge in [-0.3, -0.25) is 14.5 Å². The molecule has 2 atom stereocenters. The molecule has 6 heteroatoms. The molecule has 2 aliphatic heterocycles. The van der Waals surface area contributed by atoms with Gasteiger partial charge in [0.1, 0.15) is 6.54 Å². The number of carbonyl (C=O) groups is 2. The Morgan fingerprint density at radius 2 is 1.87 bits per heavy atom. The molecule has 2 aromatic rings. The summed E-state index contributed by atoms with van der Waals surface area (Å²) in [7, 11) is 0. The Balaban J connectivity index is 1.62. The summed E-state index contributed by atoms with van der Waals surface area (Å²) >= 11 is 7.54. The third-order valence-electron chi connectivity index (χ3n) is 5.49. The first-order valence-corrected chi connectivity index (χ1v) is 11.4. The summed E-state index contributed by atoms with van der Waals surface area (Å²) in [6, 6.07) is 15.2. The zero-order chi connectivity index (χ0) is 21.3. The van der Waals surface area contributed by atoms with Crippen molar-refractivity contribution in [2.75, 3.05) is 24.5 Å². The number of para-hydroxylation sites is 1. The van der Waals surface area contributed by atoms with Crippen LogP contribution < -0.4 is 4.90 Å². The fourth-order valence-electron chi connectivity index (χ4n) is 4.27. The molecule has 0 radical (unpaired) electrons. The first kappa shape index (κ1) is 21.0. The highest BCUT2D eigenvalue weighted by Crippen LogP contribution is 2.42. The van der Waals surface area contributed by atoms with Crippen molar-refractivity contribution in [1.82, 2.24) is 4.90 Å². The molecule has 1 fully saturated rings. The lowest BCUT2D eigenvalue weighted by Crippen LogP contribution is -2.49. The van der Waals surface area contributed by atoms with Gasteiger partial charge in [-0.15, -0.1) is 0 Å². The van der Waals surface area contributed by atoms with Gasteiger partial charge in [-0.2, -0.15) is 0 Å². The predicted molar refractivity (Wildman–Crippen MR) is 124 cm³/mol. The molecule has 2 heterocycles. The zero-order valence-corrected chi connectivity index (χ0v) is 18.7. The molecule has 0 unspecified atom stereocenters. The molecule has 30 heavy (non-hydrogen) atoms. The number of likely N-dealkylation sites (tertiary alicyclic amines) is 1. The number of rotatable bonds is 3. The Morgan fingerprint density at radius 3 is 2.60 bits per heavy atom. The number of carbonyl (C=O) groups excluding carboxylic acids is 2. The van der Waals surface area contributed by atoms with Crippen molar-refractivity contribution in [2.24, 2.45) is 11.8 Å². The summed E-state index contributed by atoms with van der Waals surface area (Å²) < 4.78 is 0. The van der Waals surface area contributed by atoms with Crippen LogP contribution in [0.5, 0.6) is 0 Å². The summed E-state index contributed by atoms with van der Waals surface area (Å²) in [4.78, 5) is 31.6. The molecule has 0 saturated carbocycles. The smallest absolute Gasteiger partial charge is 0.265 e. The van der Waals surface area contributed by atoms with Gasteiger partial charge in [-0.25, -0.2) is 0 Å². The van der Waals surface area contributed by atoms with E-state index in [9.17, 15) is 9.59 Å². The third kappa shape index (κ3) is 4.57. The number of hydrogen-bond donors (Lipinski definition) is 0. The average molecular weight is 441 g/mol. The maximum absolute atomic E-state index is 13.4. The van der Waals surface area contributed by atoms with Crippen LogP contribution in [0.3, 0.4) is 0 Å². The molecule has 2 aromatic carbocycles. The van der Waals surface area contributed by atoms with Gasteiger partial charge in [0.25, 0.3) is 5.91 Å². The first-order valence-electron chi connectivity index (χ1n) is 10.2. The number of fused-ring (bicyclic) bond motifs is 1. The molecule has 0 spiro atoms. The van der Waals surface area contributed by atoms with Crippen molar-refractivity contribution in [3.05, 3.63) is 64.0 Å². The number of halogens is 1. The van der Waals surface area contributed by atoms with Gasteiger partial charge in [0.15, 0.2) is 0 Å². The van der Waals surface area contributed by atoms with Crippen molar-refractivity contribution in [3.8, 4) is 0 Å². The van der Waals surface area contributed by atoms with Gasteiger partial charge >= 0.3 is 0 Å². The molecule has 1 saturated heterocycles. The molecule has 4 rings (SSSR count). The van der Waals surface area contributed by atoms with E-state index in [1.165, 1.54) is 11.8 Å². The van der Waals surface area contributed by atoms with Crippen LogP contribution in [0.4, 0.5) is 5.69 Å². The second kappa shape index (κ2) is 8.86. The highest BCUT2D eigenvalue weighted by Gasteiger charge is 2.33. The lowest BCUT2D eigenvalue weighted by Gasteiger charge is -2.37. The first-order chi connectivity index (χ1) is 14.4. The quantitative estimate of drug-likeness (QED) is 0.606. The Hall–Kier alpha value is -2.24. The minimum absolute atomic E-state index is 0.00515. The van der Waals surface area contributed by atoms with E-state index in [-0.39, 0.29) is 18.4 Å². The van der Waals surface area contributed by atoms with Crippen LogP contribution in [0, 0.1) is 11.8 Å². The second-order valence-corrected chi connectivity index (χ2v) is 9.79. The average Bonchev–Trinajstić information content (AvgIpc) is 2.70. The maximum Gasteiger partial charge on any atom is 0.265 e. The lowest BCUT2D eigenvalue weighted by atomic mass is 9.92. The molecule has 0 aromatic heterocycles. The molecule has 0 aliphatic carbocycles. The van der Waals surface area contributed by atoms with E-state index in [1.807, 2.05) is 53.4 Å². The van der Waals surface area contributed by atoms with E-state index in [2.05, 4.69) is 13.8 Å². The molecule has 0 bridgehead atoms. The van der Waals surface area contributed by atoms with Gasteiger partial charge < -0.3 is 4.90 Å². The van der Waals surface area contributed by atoms with Gasteiger partial charge in [-0.1, -0.05) is 61.5 Å². The molecular weight excluding hydrogens is 416 g/mol. The molecule has 2 aliphatic rings. The summed E-state index contributed by atoms with van der Waals surface area (Å²) in [5.74, 6) is 0.822. The molecule has 2 amide bonds. The van der Waals surface area contributed by atoms with Crippen LogP contribution in [0.25, 0.3) is 6.08 Å². The molecule has 0 N–H and O–H groups in total. The fraction of sp³-hybridized carbons (Fsp3) is 0.333. The highest BCUT2D eigenvalue weighted by molar-refractivity contribution is 8.04. The van der Waals surface area contributed by atoms with E-state index in [1.54, 1.807) is 11.0 Å². The fourth-order valence-corrected chi connectivity index (χ4v) is 5.53. The standard InChI is InChI=1S/C24H25ClN2O2S/c1-16-10-17(2)14-26(13-16)23(28)15-27-20-8-3-4-9-21(20)30-22(24(27)29)12-18-6-5-7-19(25)11-18/h3-9,11-12,16-17H,10,13-15H2,1-2H3/b22-12+/t16-,17-/m0/s1. The summed E-state index contributed by atoms with van der Waals surface area (Å²) in [5.41, 5.74) is 1.66. The van der Waals surface area contributed by atoms with Crippen molar-refractivity contribution < 1.29 is 9.59 Å². The van der Waals surface area contributed by atoms with Crippen LogP contribution in [0.2, 0.25) is 5.02 Å². The van der Waals surface area contributed by atoms with Gasteiger partial charge in [0.05, 0.1) is 10.6 Å². The Labute approximate surface area is 186 Å². The Kier molecular flexibility index (Phi) is 6.21. The lowest BCUT2D eigenvalue weighted by molar-refractivity contribution is -0.133. The van der Waals surface area contributed by atoms with E-state index < -0.39 is 0 Å². The van der Waals surface area contributed by atoms with Crippen molar-refractivity contribution in [3.63, 3.8) is 0 Å². The number of benzene rings is 2. The van der Waals surface area contributed by atoms with Crippen molar-refractivity contribution >= 4 is 46.9 Å². The van der Waals surface area contributed by atoms with Crippen molar-refractivity contribution in [2.45, 2.75) is 25.2 Å². The van der Waals surface area contributed by atoms with E-state index in [4.69, 9.17) is 11.6 Å². The van der Waals surface area contributed by atoms with E-state index in [0.717, 1.165) is 35.7 Å². The van der Waals surface area contributed by atoms with Crippen LogP contribution in [-0.2, 0) is 9.59 Å². The molecular formula is C24H25ClN2O2S. The topological polar surface area (TPSA) is 40.6 Å². The van der Waals surface area contributed by atoms with Gasteiger partial charge in [-0.05, 0) is 54.2 Å². The predicted octanol–water partition coefficient (Wildman–Crippen LogP) is 5.32. The second-order valence-electron chi connectivity index (χ2n) is 8.27. The van der Waals surface area contributed by atoms with Crippen LogP contribution in [-0.4, -0.2) is 36.3 Å². The number of anilines is 1. The van der Waals surface area contributed by atoms with E-state index >= 15 is 0 Å². The largest absolute Gasteiger partial charge is 0.341 e. The number of piperidine rings is 1. The number of nitrogens with zero attached hydrogens (tertiary/aromatic N) is 2. The maximum atomic E-state index is 13.4. The summed E-state index contributed by atoms with van der Waals surface area (Å²) in [5, 5.41) is 0.624. The van der Waals surface area contributed by atoms with Crippen LogP contribution in [0.1, 0.15) is 25.8 Å². The normalized spacial score (nSPS) is 22.9. The highest BCUT2D eigenvalue weighted by atomic mass is 35.5. The number of amides is 2. The number of thioether (sulfide) groups is 1. The van der Waals surface area contributed by atoms with E-state index in [0.29, 0.717) is 21.8 Å². The number of hydrogen-bond acceptors (Lipinski definition) is 3. The Bertz CT molecular complexity index is 996. The minimum atomic E-state index is -0.148. The summed E-state index contributed by atoms with van der Waals surface area (Å²) in [6.45, 7) is 5.93. The van der Waals surface area contributed by atoms with Crippen molar-refractivity contribution in [1.29, 1.82) is 0 Å². The molecule has 4 nitrogen and oxygen atoms in total.